The first kappa shape index (κ1) is 19.5. The van der Waals surface area contributed by atoms with Crippen LogP contribution in [0.4, 0.5) is 0 Å². The SMILES string of the molecule is CCOc1ccccc1OC(=O)Cc1c(C)nn(-c2nc(C)cc(C)n2)c1C. The second-order valence-corrected chi connectivity index (χ2v) is 6.54. The summed E-state index contributed by atoms with van der Waals surface area (Å²) in [4.78, 5) is 21.5. The van der Waals surface area contributed by atoms with Crippen LogP contribution in [0.3, 0.4) is 0 Å². The van der Waals surface area contributed by atoms with Crippen molar-refractivity contribution in [3.63, 3.8) is 0 Å². The van der Waals surface area contributed by atoms with Gasteiger partial charge in [-0.05, 0) is 52.8 Å². The Morgan fingerprint density at radius 2 is 1.68 bits per heavy atom. The van der Waals surface area contributed by atoms with Gasteiger partial charge in [-0.1, -0.05) is 12.1 Å². The molecule has 0 fully saturated rings. The largest absolute Gasteiger partial charge is 0.490 e. The fraction of sp³-hybridized carbons (Fsp3) is 0.333. The summed E-state index contributed by atoms with van der Waals surface area (Å²) >= 11 is 0. The molecule has 0 unspecified atom stereocenters. The summed E-state index contributed by atoms with van der Waals surface area (Å²) in [5.41, 5.74) is 4.10. The Kier molecular flexibility index (Phi) is 5.73. The zero-order valence-corrected chi connectivity index (χ0v) is 16.8. The number of hydrogen-bond donors (Lipinski definition) is 0. The van der Waals surface area contributed by atoms with E-state index in [1.54, 1.807) is 22.9 Å². The van der Waals surface area contributed by atoms with Crippen molar-refractivity contribution in [3.8, 4) is 17.4 Å². The van der Waals surface area contributed by atoms with E-state index in [4.69, 9.17) is 9.47 Å². The lowest BCUT2D eigenvalue weighted by Crippen LogP contribution is -2.13. The van der Waals surface area contributed by atoms with Crippen LogP contribution in [0.25, 0.3) is 5.95 Å². The molecule has 0 amide bonds. The highest BCUT2D eigenvalue weighted by Crippen LogP contribution is 2.27. The first-order valence-corrected chi connectivity index (χ1v) is 9.19. The molecule has 7 nitrogen and oxygen atoms in total. The highest BCUT2D eigenvalue weighted by atomic mass is 16.6. The summed E-state index contributed by atoms with van der Waals surface area (Å²) in [6.45, 7) is 9.97. The van der Waals surface area contributed by atoms with Crippen LogP contribution in [0.5, 0.6) is 11.5 Å². The van der Waals surface area contributed by atoms with E-state index in [-0.39, 0.29) is 12.4 Å². The number of carbonyl (C=O) groups is 1. The quantitative estimate of drug-likeness (QED) is 0.481. The van der Waals surface area contributed by atoms with Crippen LogP contribution in [0.1, 0.15) is 35.3 Å². The molecule has 0 aliphatic carbocycles. The standard InChI is InChI=1S/C21H24N4O3/c1-6-27-18-9-7-8-10-19(18)28-20(26)12-17-15(4)24-25(16(17)5)21-22-13(2)11-14(3)23-21/h7-11H,6,12H2,1-5H3. The molecule has 0 saturated heterocycles. The van der Waals surface area contributed by atoms with E-state index in [1.807, 2.05) is 46.8 Å². The summed E-state index contributed by atoms with van der Waals surface area (Å²) in [6, 6.07) is 9.04. The molecule has 0 spiro atoms. The fourth-order valence-corrected chi connectivity index (χ4v) is 3.04. The van der Waals surface area contributed by atoms with Crippen LogP contribution in [-0.4, -0.2) is 32.3 Å². The molecule has 0 saturated carbocycles. The van der Waals surface area contributed by atoms with Crippen LogP contribution in [0, 0.1) is 27.7 Å². The van der Waals surface area contributed by atoms with E-state index in [2.05, 4.69) is 15.1 Å². The van der Waals surface area contributed by atoms with Gasteiger partial charge in [-0.2, -0.15) is 5.10 Å². The van der Waals surface area contributed by atoms with Gasteiger partial charge in [0, 0.05) is 22.6 Å². The summed E-state index contributed by atoms with van der Waals surface area (Å²) in [6.07, 6.45) is 0.100. The average Bonchev–Trinajstić information content (AvgIpc) is 2.91. The molecular formula is C21H24N4O3. The van der Waals surface area contributed by atoms with Gasteiger partial charge in [-0.15, -0.1) is 0 Å². The average molecular weight is 380 g/mol. The maximum Gasteiger partial charge on any atom is 0.315 e. The fourth-order valence-electron chi connectivity index (χ4n) is 3.04. The maximum atomic E-state index is 12.6. The zero-order valence-electron chi connectivity index (χ0n) is 16.8. The van der Waals surface area contributed by atoms with Gasteiger partial charge in [-0.3, -0.25) is 4.79 Å². The van der Waals surface area contributed by atoms with Gasteiger partial charge in [0.1, 0.15) is 0 Å². The molecule has 2 heterocycles. The van der Waals surface area contributed by atoms with E-state index in [1.165, 1.54) is 0 Å². The predicted molar refractivity (Wildman–Crippen MR) is 105 cm³/mol. The van der Waals surface area contributed by atoms with E-state index in [0.717, 1.165) is 28.3 Å². The molecule has 0 radical (unpaired) electrons. The number of rotatable bonds is 6. The Labute approximate surface area is 164 Å². The Balaban J connectivity index is 1.83. The molecule has 0 N–H and O–H groups in total. The smallest absolute Gasteiger partial charge is 0.315 e. The van der Waals surface area contributed by atoms with Crippen molar-refractivity contribution >= 4 is 5.97 Å². The minimum atomic E-state index is -0.376. The summed E-state index contributed by atoms with van der Waals surface area (Å²) < 4.78 is 12.7. The molecule has 0 atom stereocenters. The molecule has 3 aromatic rings. The number of esters is 1. The van der Waals surface area contributed by atoms with E-state index >= 15 is 0 Å². The van der Waals surface area contributed by atoms with Gasteiger partial charge in [0.25, 0.3) is 5.95 Å². The molecule has 0 aliphatic heterocycles. The number of aryl methyl sites for hydroxylation is 3. The van der Waals surface area contributed by atoms with Crippen molar-refractivity contribution in [1.29, 1.82) is 0 Å². The Hall–Kier alpha value is -3.22. The topological polar surface area (TPSA) is 79.1 Å². The van der Waals surface area contributed by atoms with E-state index in [9.17, 15) is 4.79 Å². The van der Waals surface area contributed by atoms with Gasteiger partial charge in [0.15, 0.2) is 11.5 Å². The van der Waals surface area contributed by atoms with Crippen molar-refractivity contribution in [2.75, 3.05) is 6.61 Å². The molecular weight excluding hydrogens is 356 g/mol. The van der Waals surface area contributed by atoms with Gasteiger partial charge in [-0.25, -0.2) is 14.6 Å². The highest BCUT2D eigenvalue weighted by Gasteiger charge is 2.19. The third-order valence-corrected chi connectivity index (χ3v) is 4.30. The number of nitrogens with zero attached hydrogens (tertiary/aromatic N) is 4. The molecule has 3 rings (SSSR count). The Bertz CT molecular complexity index is 991. The third kappa shape index (κ3) is 4.19. The summed E-state index contributed by atoms with van der Waals surface area (Å²) in [7, 11) is 0. The van der Waals surface area contributed by atoms with Crippen molar-refractivity contribution < 1.29 is 14.3 Å². The lowest BCUT2D eigenvalue weighted by molar-refractivity contribution is -0.133. The molecule has 2 aromatic heterocycles. The Morgan fingerprint density at radius 3 is 2.32 bits per heavy atom. The maximum absolute atomic E-state index is 12.6. The highest BCUT2D eigenvalue weighted by molar-refractivity contribution is 5.76. The molecule has 7 heteroatoms. The van der Waals surface area contributed by atoms with Crippen molar-refractivity contribution in [1.82, 2.24) is 19.7 Å². The van der Waals surface area contributed by atoms with Crippen molar-refractivity contribution in [2.24, 2.45) is 0 Å². The molecule has 28 heavy (non-hydrogen) atoms. The molecule has 1 aromatic carbocycles. The van der Waals surface area contributed by atoms with Crippen molar-refractivity contribution in [2.45, 2.75) is 41.0 Å². The second-order valence-electron chi connectivity index (χ2n) is 6.54. The zero-order chi connectivity index (χ0) is 20.3. The van der Waals surface area contributed by atoms with Crippen LogP contribution >= 0.6 is 0 Å². The number of para-hydroxylation sites is 2. The number of carbonyl (C=O) groups excluding carboxylic acids is 1. The van der Waals surface area contributed by atoms with Gasteiger partial charge >= 0.3 is 5.97 Å². The molecule has 0 bridgehead atoms. The lowest BCUT2D eigenvalue weighted by Gasteiger charge is -2.10. The van der Waals surface area contributed by atoms with Crippen LogP contribution in [-0.2, 0) is 11.2 Å². The van der Waals surface area contributed by atoms with Crippen LogP contribution in [0.15, 0.2) is 30.3 Å². The van der Waals surface area contributed by atoms with Crippen LogP contribution < -0.4 is 9.47 Å². The van der Waals surface area contributed by atoms with Gasteiger partial charge < -0.3 is 9.47 Å². The number of hydrogen-bond acceptors (Lipinski definition) is 6. The normalized spacial score (nSPS) is 10.8. The second kappa shape index (κ2) is 8.21. The van der Waals surface area contributed by atoms with E-state index in [0.29, 0.717) is 24.1 Å². The minimum Gasteiger partial charge on any atom is -0.490 e. The number of benzene rings is 1. The van der Waals surface area contributed by atoms with Gasteiger partial charge in [0.2, 0.25) is 0 Å². The monoisotopic (exact) mass is 380 g/mol. The molecule has 146 valence electrons. The Morgan fingerprint density at radius 1 is 1.04 bits per heavy atom. The van der Waals surface area contributed by atoms with E-state index < -0.39 is 0 Å². The minimum absolute atomic E-state index is 0.100. The number of aromatic nitrogens is 4. The first-order chi connectivity index (χ1) is 13.4. The lowest BCUT2D eigenvalue weighted by atomic mass is 10.1. The third-order valence-electron chi connectivity index (χ3n) is 4.30. The van der Waals surface area contributed by atoms with Crippen molar-refractivity contribution in [3.05, 3.63) is 58.7 Å². The van der Waals surface area contributed by atoms with Crippen LogP contribution in [0.2, 0.25) is 0 Å². The van der Waals surface area contributed by atoms with Gasteiger partial charge in [0.05, 0.1) is 18.7 Å². The first-order valence-electron chi connectivity index (χ1n) is 9.19. The number of ether oxygens (including phenoxy) is 2. The summed E-state index contributed by atoms with van der Waals surface area (Å²) in [5, 5.41) is 4.53. The molecule has 0 aliphatic rings. The summed E-state index contributed by atoms with van der Waals surface area (Å²) in [5.74, 6) is 1.08. The predicted octanol–water partition coefficient (Wildman–Crippen LogP) is 3.44.